The Morgan fingerprint density at radius 2 is 1.69 bits per heavy atom. The molecular formula is C14H26OSi. The van der Waals surface area contributed by atoms with Gasteiger partial charge < -0.3 is 5.11 Å². The van der Waals surface area contributed by atoms with Gasteiger partial charge in [0.2, 0.25) is 0 Å². The molecule has 1 aliphatic rings. The van der Waals surface area contributed by atoms with Crippen LogP contribution in [0.2, 0.25) is 19.6 Å². The fraction of sp³-hybridized carbons (Fsp3) is 0.857. The van der Waals surface area contributed by atoms with Gasteiger partial charge in [0.1, 0.15) is 8.07 Å². The Kier molecular flexibility index (Phi) is 5.08. The molecule has 0 aromatic heterocycles. The van der Waals surface area contributed by atoms with Crippen molar-refractivity contribution in [3.8, 4) is 11.5 Å². The van der Waals surface area contributed by atoms with Crippen molar-refractivity contribution in [3.05, 3.63) is 0 Å². The predicted octanol–water partition coefficient (Wildman–Crippen LogP) is 3.44. The summed E-state index contributed by atoms with van der Waals surface area (Å²) in [5.41, 5.74) is 3.37. The van der Waals surface area contributed by atoms with E-state index >= 15 is 0 Å². The number of hydrogen-bond acceptors (Lipinski definition) is 1. The van der Waals surface area contributed by atoms with Gasteiger partial charge in [-0.2, -0.15) is 0 Å². The molecule has 16 heavy (non-hydrogen) atoms. The molecule has 1 fully saturated rings. The molecule has 1 rings (SSSR count). The second-order valence-electron chi connectivity index (χ2n) is 6.20. The maximum Gasteiger partial charge on any atom is 0.129 e. The molecular weight excluding hydrogens is 212 g/mol. The smallest absolute Gasteiger partial charge is 0.129 e. The Morgan fingerprint density at radius 3 is 2.19 bits per heavy atom. The molecule has 1 N–H and O–H groups in total. The lowest BCUT2D eigenvalue weighted by Gasteiger charge is -2.28. The van der Waals surface area contributed by atoms with Gasteiger partial charge in [0, 0.05) is 5.92 Å². The standard InChI is InChI=1S/C14H26OSi/c1-12(10-11-16(2,3)4)14(15)13-8-6-5-7-9-13/h12-15H,5-9H2,1-4H3/t12-,14-/m1/s1. The number of rotatable bonds is 2. The molecule has 0 aliphatic heterocycles. The Hall–Kier alpha value is -0.263. The van der Waals surface area contributed by atoms with Gasteiger partial charge in [-0.25, -0.2) is 0 Å². The van der Waals surface area contributed by atoms with Crippen molar-refractivity contribution in [3.63, 3.8) is 0 Å². The SMILES string of the molecule is C[C@H](C#C[Si](C)(C)C)[C@@H](O)C1CCCCC1. The fourth-order valence-corrected chi connectivity index (χ4v) is 2.96. The highest BCUT2D eigenvalue weighted by Crippen LogP contribution is 2.29. The van der Waals surface area contributed by atoms with Crippen LogP contribution in [0, 0.1) is 23.3 Å². The van der Waals surface area contributed by atoms with Crippen molar-refractivity contribution < 1.29 is 5.11 Å². The molecule has 2 atom stereocenters. The monoisotopic (exact) mass is 238 g/mol. The maximum absolute atomic E-state index is 10.3. The summed E-state index contributed by atoms with van der Waals surface area (Å²) in [6.07, 6.45) is 6.11. The molecule has 0 unspecified atom stereocenters. The third-order valence-electron chi connectivity index (χ3n) is 3.32. The zero-order chi connectivity index (χ0) is 12.2. The van der Waals surface area contributed by atoms with Crippen molar-refractivity contribution in [2.75, 3.05) is 0 Å². The molecule has 0 bridgehead atoms. The molecule has 0 spiro atoms. The first-order chi connectivity index (χ1) is 7.40. The van der Waals surface area contributed by atoms with E-state index in [1.807, 2.05) is 0 Å². The van der Waals surface area contributed by atoms with Crippen LogP contribution in [0.25, 0.3) is 0 Å². The van der Waals surface area contributed by atoms with E-state index in [-0.39, 0.29) is 12.0 Å². The van der Waals surface area contributed by atoms with Crippen molar-refractivity contribution in [2.24, 2.45) is 11.8 Å². The summed E-state index contributed by atoms with van der Waals surface area (Å²) in [5.74, 6) is 3.93. The summed E-state index contributed by atoms with van der Waals surface area (Å²) >= 11 is 0. The molecule has 0 amide bonds. The van der Waals surface area contributed by atoms with Gasteiger partial charge in [-0.05, 0) is 25.7 Å². The summed E-state index contributed by atoms with van der Waals surface area (Å²) in [6.45, 7) is 8.82. The highest BCUT2D eigenvalue weighted by Gasteiger charge is 2.25. The summed E-state index contributed by atoms with van der Waals surface area (Å²) in [5, 5.41) is 10.3. The van der Waals surface area contributed by atoms with Gasteiger partial charge in [-0.3, -0.25) is 0 Å². The fourth-order valence-electron chi connectivity index (χ4n) is 2.30. The summed E-state index contributed by atoms with van der Waals surface area (Å²) in [6, 6.07) is 0. The van der Waals surface area contributed by atoms with Gasteiger partial charge in [-0.15, -0.1) is 11.5 Å². The van der Waals surface area contributed by atoms with Crippen LogP contribution in [0.3, 0.4) is 0 Å². The first-order valence-corrected chi connectivity index (χ1v) is 10.1. The average Bonchev–Trinajstić information content (AvgIpc) is 2.25. The van der Waals surface area contributed by atoms with E-state index in [9.17, 15) is 5.11 Å². The third-order valence-corrected chi connectivity index (χ3v) is 4.21. The Labute approximate surface area is 102 Å². The average molecular weight is 238 g/mol. The van der Waals surface area contributed by atoms with Crippen LogP contribution < -0.4 is 0 Å². The van der Waals surface area contributed by atoms with Gasteiger partial charge in [-0.1, -0.05) is 38.9 Å². The Balaban J connectivity index is 2.51. The molecule has 0 radical (unpaired) electrons. The van der Waals surface area contributed by atoms with Crippen molar-refractivity contribution in [2.45, 2.75) is 64.8 Å². The zero-order valence-corrected chi connectivity index (χ0v) is 12.2. The van der Waals surface area contributed by atoms with Gasteiger partial charge in [0.25, 0.3) is 0 Å². The van der Waals surface area contributed by atoms with Crippen LogP contribution >= 0.6 is 0 Å². The minimum absolute atomic E-state index is 0.148. The Bertz CT molecular complexity index is 263. The Morgan fingerprint density at radius 1 is 1.12 bits per heavy atom. The van der Waals surface area contributed by atoms with Gasteiger partial charge in [0.15, 0.2) is 0 Å². The minimum Gasteiger partial charge on any atom is -0.392 e. The van der Waals surface area contributed by atoms with Crippen LogP contribution in [-0.4, -0.2) is 19.3 Å². The third kappa shape index (κ3) is 4.72. The van der Waals surface area contributed by atoms with E-state index in [4.69, 9.17) is 0 Å². The first-order valence-electron chi connectivity index (χ1n) is 6.61. The van der Waals surface area contributed by atoms with Crippen LogP contribution in [0.5, 0.6) is 0 Å². The highest BCUT2D eigenvalue weighted by molar-refractivity contribution is 6.83. The lowest BCUT2D eigenvalue weighted by molar-refractivity contribution is 0.0586. The minimum atomic E-state index is -1.29. The van der Waals surface area contributed by atoms with E-state index < -0.39 is 8.07 Å². The highest BCUT2D eigenvalue weighted by atomic mass is 28.3. The zero-order valence-electron chi connectivity index (χ0n) is 11.2. The summed E-state index contributed by atoms with van der Waals surface area (Å²) in [4.78, 5) is 0. The van der Waals surface area contributed by atoms with Crippen molar-refractivity contribution in [1.82, 2.24) is 0 Å². The number of aliphatic hydroxyl groups is 1. The lowest BCUT2D eigenvalue weighted by Crippen LogP contribution is -2.29. The molecule has 0 aromatic carbocycles. The molecule has 1 nitrogen and oxygen atoms in total. The number of aliphatic hydroxyl groups excluding tert-OH is 1. The van der Waals surface area contributed by atoms with Gasteiger partial charge >= 0.3 is 0 Å². The maximum atomic E-state index is 10.3. The molecule has 92 valence electrons. The molecule has 1 aliphatic carbocycles. The van der Waals surface area contributed by atoms with E-state index in [1.165, 1.54) is 32.1 Å². The molecule has 0 heterocycles. The number of hydrogen-bond donors (Lipinski definition) is 1. The summed E-state index contributed by atoms with van der Waals surface area (Å²) in [7, 11) is -1.29. The largest absolute Gasteiger partial charge is 0.392 e. The second kappa shape index (κ2) is 5.89. The normalized spacial score (nSPS) is 22.1. The van der Waals surface area contributed by atoms with Crippen molar-refractivity contribution in [1.29, 1.82) is 0 Å². The molecule has 0 aromatic rings. The molecule has 0 saturated heterocycles. The van der Waals surface area contributed by atoms with E-state index in [0.29, 0.717) is 5.92 Å². The quantitative estimate of drug-likeness (QED) is 0.577. The van der Waals surface area contributed by atoms with Crippen LogP contribution in [-0.2, 0) is 0 Å². The van der Waals surface area contributed by atoms with Crippen LogP contribution in [0.1, 0.15) is 39.0 Å². The summed E-state index contributed by atoms with van der Waals surface area (Å²) < 4.78 is 0. The first kappa shape index (κ1) is 13.8. The van der Waals surface area contributed by atoms with Crippen LogP contribution in [0.4, 0.5) is 0 Å². The predicted molar refractivity (Wildman–Crippen MR) is 72.9 cm³/mol. The van der Waals surface area contributed by atoms with E-state index in [0.717, 1.165) is 0 Å². The van der Waals surface area contributed by atoms with Gasteiger partial charge in [0.05, 0.1) is 6.10 Å². The van der Waals surface area contributed by atoms with Crippen LogP contribution in [0.15, 0.2) is 0 Å². The topological polar surface area (TPSA) is 20.2 Å². The van der Waals surface area contributed by atoms with E-state index in [2.05, 4.69) is 38.0 Å². The molecule has 1 saturated carbocycles. The van der Waals surface area contributed by atoms with E-state index in [1.54, 1.807) is 0 Å². The second-order valence-corrected chi connectivity index (χ2v) is 10.9. The van der Waals surface area contributed by atoms with Crippen molar-refractivity contribution >= 4 is 8.07 Å². The lowest BCUT2D eigenvalue weighted by atomic mass is 9.81. The molecule has 2 heteroatoms.